The number of carbonyl (C=O) groups is 2. The second-order valence-corrected chi connectivity index (χ2v) is 6.73. The van der Waals surface area contributed by atoms with Crippen LogP contribution in [-0.4, -0.2) is 24.1 Å². The van der Waals surface area contributed by atoms with Gasteiger partial charge in [-0.2, -0.15) is 5.10 Å². The van der Waals surface area contributed by atoms with Gasteiger partial charge in [-0.15, -0.1) is 0 Å². The molecule has 3 N–H and O–H groups in total. The first-order chi connectivity index (χ1) is 12.9. The van der Waals surface area contributed by atoms with Crippen molar-refractivity contribution in [2.75, 3.05) is 5.32 Å². The molecule has 0 spiro atoms. The zero-order valence-corrected chi connectivity index (χ0v) is 16.5. The van der Waals surface area contributed by atoms with Crippen LogP contribution in [0, 0.1) is 5.82 Å². The molecule has 0 aliphatic rings. The summed E-state index contributed by atoms with van der Waals surface area (Å²) in [4.78, 5) is 23.5. The van der Waals surface area contributed by atoms with Gasteiger partial charge in [0.1, 0.15) is 5.82 Å². The molecule has 0 radical (unpaired) electrons. The van der Waals surface area contributed by atoms with E-state index in [1.54, 1.807) is 43.3 Å². The second-order valence-electron chi connectivity index (χ2n) is 5.82. The molecule has 0 unspecified atom stereocenters. The van der Waals surface area contributed by atoms with Gasteiger partial charge in [0.05, 0.1) is 11.9 Å². The standard InChI is InChI=1S/C19H20BrFN4O2/c1-3-12(2)23-18(26)19(27)25-22-11-13-10-14(20)8-9-16(13)24-17-7-5-4-6-15(17)21/h4-12,24H,3H2,1-2H3,(H,23,26)(H,25,27)/b22-11-/t12-/m0/s1. The Morgan fingerprint density at radius 1 is 1.19 bits per heavy atom. The van der Waals surface area contributed by atoms with E-state index in [9.17, 15) is 14.0 Å². The summed E-state index contributed by atoms with van der Waals surface area (Å²) < 4.78 is 14.6. The molecule has 0 saturated carbocycles. The number of nitrogens with one attached hydrogen (secondary N) is 3. The fourth-order valence-corrected chi connectivity index (χ4v) is 2.44. The van der Waals surface area contributed by atoms with E-state index in [1.807, 2.05) is 6.92 Å². The van der Waals surface area contributed by atoms with Crippen molar-refractivity contribution in [2.24, 2.45) is 5.10 Å². The van der Waals surface area contributed by atoms with Crippen LogP contribution in [0.4, 0.5) is 15.8 Å². The fourth-order valence-electron chi connectivity index (χ4n) is 2.06. The number of para-hydroxylation sites is 1. The zero-order valence-electron chi connectivity index (χ0n) is 14.9. The first-order valence-corrected chi connectivity index (χ1v) is 9.15. The van der Waals surface area contributed by atoms with Crippen LogP contribution in [0.2, 0.25) is 0 Å². The monoisotopic (exact) mass is 434 g/mol. The van der Waals surface area contributed by atoms with E-state index in [2.05, 4.69) is 37.1 Å². The molecule has 0 aromatic heterocycles. The van der Waals surface area contributed by atoms with Gasteiger partial charge >= 0.3 is 11.8 Å². The summed E-state index contributed by atoms with van der Waals surface area (Å²) in [5.41, 5.74) is 3.68. The molecule has 2 amide bonds. The van der Waals surface area contributed by atoms with Gasteiger partial charge < -0.3 is 10.6 Å². The van der Waals surface area contributed by atoms with Crippen LogP contribution in [0.3, 0.4) is 0 Å². The molecule has 1 atom stereocenters. The lowest BCUT2D eigenvalue weighted by Crippen LogP contribution is -2.41. The number of carbonyl (C=O) groups excluding carboxylic acids is 2. The molecule has 2 aromatic carbocycles. The molecule has 6 nitrogen and oxygen atoms in total. The highest BCUT2D eigenvalue weighted by Gasteiger charge is 2.14. The molecule has 0 aliphatic heterocycles. The molecule has 0 bridgehead atoms. The van der Waals surface area contributed by atoms with Crippen LogP contribution < -0.4 is 16.1 Å². The van der Waals surface area contributed by atoms with Gasteiger partial charge in [-0.3, -0.25) is 9.59 Å². The van der Waals surface area contributed by atoms with Crippen LogP contribution in [0.1, 0.15) is 25.8 Å². The number of anilines is 2. The number of benzene rings is 2. The molecule has 0 heterocycles. The predicted octanol–water partition coefficient (Wildman–Crippen LogP) is 3.70. The molecular formula is C19H20BrFN4O2. The van der Waals surface area contributed by atoms with Crippen LogP contribution in [0.5, 0.6) is 0 Å². The van der Waals surface area contributed by atoms with E-state index in [0.717, 1.165) is 4.47 Å². The lowest BCUT2D eigenvalue weighted by molar-refractivity contribution is -0.139. The third-order valence-corrected chi connectivity index (χ3v) is 4.22. The number of hydrogen-bond donors (Lipinski definition) is 3. The van der Waals surface area contributed by atoms with Crippen LogP contribution in [0.15, 0.2) is 52.0 Å². The number of hydrogen-bond acceptors (Lipinski definition) is 4. The van der Waals surface area contributed by atoms with Crippen molar-refractivity contribution in [3.63, 3.8) is 0 Å². The summed E-state index contributed by atoms with van der Waals surface area (Å²) in [7, 11) is 0. The van der Waals surface area contributed by atoms with Crippen molar-refractivity contribution in [1.82, 2.24) is 10.7 Å². The number of amides is 2. The van der Waals surface area contributed by atoms with Crippen molar-refractivity contribution in [3.05, 3.63) is 58.3 Å². The minimum absolute atomic E-state index is 0.103. The van der Waals surface area contributed by atoms with Gasteiger partial charge in [-0.1, -0.05) is 35.0 Å². The Bertz CT molecular complexity index is 857. The maximum Gasteiger partial charge on any atom is 0.329 e. The number of hydrazone groups is 1. The molecule has 142 valence electrons. The molecule has 2 aromatic rings. The summed E-state index contributed by atoms with van der Waals surface area (Å²) >= 11 is 3.36. The maximum atomic E-state index is 13.9. The van der Waals surface area contributed by atoms with Crippen molar-refractivity contribution >= 4 is 45.3 Å². The van der Waals surface area contributed by atoms with Gasteiger partial charge in [0.25, 0.3) is 0 Å². The fraction of sp³-hybridized carbons (Fsp3) is 0.211. The normalized spacial score (nSPS) is 11.9. The Kier molecular flexibility index (Phi) is 7.48. The van der Waals surface area contributed by atoms with Crippen molar-refractivity contribution in [2.45, 2.75) is 26.3 Å². The Hall–Kier alpha value is -2.74. The Morgan fingerprint density at radius 2 is 1.93 bits per heavy atom. The Balaban J connectivity index is 2.10. The summed E-state index contributed by atoms with van der Waals surface area (Å²) in [5, 5.41) is 9.36. The zero-order chi connectivity index (χ0) is 19.8. The minimum Gasteiger partial charge on any atom is -0.353 e. The van der Waals surface area contributed by atoms with Gasteiger partial charge in [0.15, 0.2) is 0 Å². The number of halogens is 2. The minimum atomic E-state index is -0.856. The number of rotatable bonds is 6. The summed E-state index contributed by atoms with van der Waals surface area (Å²) in [6, 6.07) is 11.5. The van der Waals surface area contributed by atoms with Gasteiger partial charge in [0.2, 0.25) is 0 Å². The van der Waals surface area contributed by atoms with Gasteiger partial charge in [0, 0.05) is 21.8 Å². The molecule has 0 fully saturated rings. The summed E-state index contributed by atoms with van der Waals surface area (Å²) in [5.74, 6) is -2.00. The van der Waals surface area contributed by atoms with Gasteiger partial charge in [-0.05, 0) is 43.7 Å². The largest absolute Gasteiger partial charge is 0.353 e. The quantitative estimate of drug-likeness (QED) is 0.368. The first-order valence-electron chi connectivity index (χ1n) is 8.35. The summed E-state index contributed by atoms with van der Waals surface area (Å²) in [6.45, 7) is 3.70. The second kappa shape index (κ2) is 9.82. The highest BCUT2D eigenvalue weighted by molar-refractivity contribution is 9.10. The smallest absolute Gasteiger partial charge is 0.329 e. The topological polar surface area (TPSA) is 82.6 Å². The van der Waals surface area contributed by atoms with E-state index in [0.29, 0.717) is 23.4 Å². The van der Waals surface area contributed by atoms with Crippen LogP contribution in [0.25, 0.3) is 0 Å². The van der Waals surface area contributed by atoms with Crippen molar-refractivity contribution in [1.29, 1.82) is 0 Å². The van der Waals surface area contributed by atoms with E-state index in [-0.39, 0.29) is 6.04 Å². The Labute approximate surface area is 165 Å². The lowest BCUT2D eigenvalue weighted by Gasteiger charge is -2.11. The lowest BCUT2D eigenvalue weighted by atomic mass is 10.2. The highest BCUT2D eigenvalue weighted by atomic mass is 79.9. The third kappa shape index (κ3) is 6.18. The predicted molar refractivity (Wildman–Crippen MR) is 107 cm³/mol. The molecular weight excluding hydrogens is 415 g/mol. The Morgan fingerprint density at radius 3 is 2.63 bits per heavy atom. The van der Waals surface area contributed by atoms with Crippen LogP contribution in [-0.2, 0) is 9.59 Å². The molecule has 0 saturated heterocycles. The van der Waals surface area contributed by atoms with Crippen LogP contribution >= 0.6 is 15.9 Å². The van der Waals surface area contributed by atoms with E-state index >= 15 is 0 Å². The third-order valence-electron chi connectivity index (χ3n) is 3.72. The van der Waals surface area contributed by atoms with Crippen molar-refractivity contribution < 1.29 is 14.0 Å². The first kappa shape index (κ1) is 20.6. The SMILES string of the molecule is CC[C@H](C)NC(=O)C(=O)N/N=C\c1cc(Br)ccc1Nc1ccccc1F. The van der Waals surface area contributed by atoms with E-state index in [1.165, 1.54) is 12.3 Å². The molecule has 8 heteroatoms. The maximum absolute atomic E-state index is 13.9. The highest BCUT2D eigenvalue weighted by Crippen LogP contribution is 2.24. The average molecular weight is 435 g/mol. The van der Waals surface area contributed by atoms with Gasteiger partial charge in [-0.25, -0.2) is 9.82 Å². The molecule has 0 aliphatic carbocycles. The molecule has 2 rings (SSSR count). The molecule has 27 heavy (non-hydrogen) atoms. The average Bonchev–Trinajstić information content (AvgIpc) is 2.65. The number of nitrogens with zero attached hydrogens (tertiary/aromatic N) is 1. The van der Waals surface area contributed by atoms with Crippen molar-refractivity contribution in [3.8, 4) is 0 Å². The van der Waals surface area contributed by atoms with E-state index < -0.39 is 17.6 Å². The van der Waals surface area contributed by atoms with E-state index in [4.69, 9.17) is 0 Å². The summed E-state index contributed by atoms with van der Waals surface area (Å²) in [6.07, 6.45) is 2.09.